The van der Waals surface area contributed by atoms with Gasteiger partial charge in [0.1, 0.15) is 17.2 Å². The highest BCUT2D eigenvalue weighted by atomic mass is 16.5. The SMILES string of the molecule is CCOc1ccc(/C=N\NC(=O)c2cccc(OC)c2)c(OCC)c1. The van der Waals surface area contributed by atoms with Gasteiger partial charge in [-0.05, 0) is 44.2 Å². The zero-order valence-electron chi connectivity index (χ0n) is 14.6. The van der Waals surface area contributed by atoms with Crippen molar-refractivity contribution in [3.8, 4) is 17.2 Å². The lowest BCUT2D eigenvalue weighted by molar-refractivity contribution is 0.0954. The smallest absolute Gasteiger partial charge is 0.271 e. The Morgan fingerprint density at radius 2 is 1.88 bits per heavy atom. The van der Waals surface area contributed by atoms with Crippen molar-refractivity contribution in [3.05, 3.63) is 53.6 Å². The molecular formula is C19H22N2O4. The summed E-state index contributed by atoms with van der Waals surface area (Å²) in [7, 11) is 1.55. The number of hydrogen-bond donors (Lipinski definition) is 1. The number of ether oxygens (including phenoxy) is 3. The lowest BCUT2D eigenvalue weighted by atomic mass is 10.2. The van der Waals surface area contributed by atoms with Crippen LogP contribution in [0.4, 0.5) is 0 Å². The molecule has 6 nitrogen and oxygen atoms in total. The molecule has 0 saturated heterocycles. The van der Waals surface area contributed by atoms with E-state index in [0.717, 1.165) is 11.3 Å². The predicted molar refractivity (Wildman–Crippen MR) is 96.8 cm³/mol. The predicted octanol–water partition coefficient (Wildman–Crippen LogP) is 3.26. The zero-order valence-corrected chi connectivity index (χ0v) is 14.6. The molecule has 2 rings (SSSR count). The molecule has 6 heteroatoms. The number of carbonyl (C=O) groups is 1. The number of nitrogens with one attached hydrogen (secondary N) is 1. The van der Waals surface area contributed by atoms with E-state index in [1.807, 2.05) is 26.0 Å². The van der Waals surface area contributed by atoms with Crippen LogP contribution in [-0.4, -0.2) is 32.4 Å². The third-order valence-corrected chi connectivity index (χ3v) is 3.30. The summed E-state index contributed by atoms with van der Waals surface area (Å²) in [6, 6.07) is 12.3. The Kier molecular flexibility index (Phi) is 6.83. The van der Waals surface area contributed by atoms with E-state index in [4.69, 9.17) is 14.2 Å². The molecular weight excluding hydrogens is 320 g/mol. The second-order valence-electron chi connectivity index (χ2n) is 5.00. The number of amides is 1. The van der Waals surface area contributed by atoms with Crippen LogP contribution in [0.1, 0.15) is 29.8 Å². The van der Waals surface area contributed by atoms with Gasteiger partial charge in [-0.1, -0.05) is 6.07 Å². The van der Waals surface area contributed by atoms with Crippen LogP contribution in [-0.2, 0) is 0 Å². The van der Waals surface area contributed by atoms with E-state index in [-0.39, 0.29) is 5.91 Å². The maximum absolute atomic E-state index is 12.1. The van der Waals surface area contributed by atoms with E-state index in [1.54, 1.807) is 43.7 Å². The fraction of sp³-hybridized carbons (Fsp3) is 0.263. The third-order valence-electron chi connectivity index (χ3n) is 3.30. The Morgan fingerprint density at radius 1 is 1.08 bits per heavy atom. The van der Waals surface area contributed by atoms with Crippen molar-refractivity contribution >= 4 is 12.1 Å². The highest BCUT2D eigenvalue weighted by Crippen LogP contribution is 2.24. The first-order chi connectivity index (χ1) is 12.2. The van der Waals surface area contributed by atoms with Gasteiger partial charge in [0, 0.05) is 17.2 Å². The first-order valence-electron chi connectivity index (χ1n) is 8.05. The van der Waals surface area contributed by atoms with Gasteiger partial charge in [0.15, 0.2) is 0 Å². The first-order valence-corrected chi connectivity index (χ1v) is 8.05. The monoisotopic (exact) mass is 342 g/mol. The second kappa shape index (κ2) is 9.32. The number of carbonyl (C=O) groups excluding carboxylic acids is 1. The van der Waals surface area contributed by atoms with Crippen LogP contribution in [0.25, 0.3) is 0 Å². The Morgan fingerprint density at radius 3 is 2.60 bits per heavy atom. The minimum atomic E-state index is -0.320. The highest BCUT2D eigenvalue weighted by molar-refractivity contribution is 5.95. The van der Waals surface area contributed by atoms with E-state index < -0.39 is 0 Å². The number of methoxy groups -OCH3 is 1. The number of benzene rings is 2. The van der Waals surface area contributed by atoms with Gasteiger partial charge < -0.3 is 14.2 Å². The summed E-state index contributed by atoms with van der Waals surface area (Å²) in [4.78, 5) is 12.1. The number of hydrazone groups is 1. The highest BCUT2D eigenvalue weighted by Gasteiger charge is 2.07. The van der Waals surface area contributed by atoms with E-state index in [1.165, 1.54) is 0 Å². The first kappa shape index (κ1) is 18.3. The maximum atomic E-state index is 12.1. The molecule has 0 aliphatic heterocycles. The average Bonchev–Trinajstić information content (AvgIpc) is 2.64. The average molecular weight is 342 g/mol. The van der Waals surface area contributed by atoms with Crippen molar-refractivity contribution < 1.29 is 19.0 Å². The molecule has 2 aromatic rings. The number of hydrogen-bond acceptors (Lipinski definition) is 5. The molecule has 0 heterocycles. The van der Waals surface area contributed by atoms with Gasteiger partial charge in [-0.3, -0.25) is 4.79 Å². The summed E-state index contributed by atoms with van der Waals surface area (Å²) in [5.74, 6) is 1.66. The standard InChI is InChI=1S/C19H22N2O4/c1-4-24-17-10-9-15(18(12-17)25-5-2)13-20-21-19(22)14-7-6-8-16(11-14)23-3/h6-13H,4-5H2,1-3H3,(H,21,22)/b20-13-. The van der Waals surface area contributed by atoms with Gasteiger partial charge in [0.25, 0.3) is 5.91 Å². The van der Waals surface area contributed by atoms with Crippen molar-refractivity contribution in [2.45, 2.75) is 13.8 Å². The molecule has 0 atom stereocenters. The molecule has 1 N–H and O–H groups in total. The number of nitrogens with zero attached hydrogens (tertiary/aromatic N) is 1. The quantitative estimate of drug-likeness (QED) is 0.590. The Labute approximate surface area is 147 Å². The minimum Gasteiger partial charge on any atom is -0.497 e. The maximum Gasteiger partial charge on any atom is 0.271 e. The fourth-order valence-electron chi connectivity index (χ4n) is 2.15. The molecule has 25 heavy (non-hydrogen) atoms. The summed E-state index contributed by atoms with van der Waals surface area (Å²) in [5, 5.41) is 4.01. The lowest BCUT2D eigenvalue weighted by Crippen LogP contribution is -2.17. The normalized spacial score (nSPS) is 10.5. The Balaban J connectivity index is 2.08. The summed E-state index contributed by atoms with van der Waals surface area (Å²) >= 11 is 0. The van der Waals surface area contributed by atoms with Crippen molar-refractivity contribution in [2.75, 3.05) is 20.3 Å². The van der Waals surface area contributed by atoms with Crippen LogP contribution < -0.4 is 19.6 Å². The molecule has 0 aromatic heterocycles. The van der Waals surface area contributed by atoms with Crippen molar-refractivity contribution in [3.63, 3.8) is 0 Å². The van der Waals surface area contributed by atoms with Gasteiger partial charge in [-0.15, -0.1) is 0 Å². The molecule has 0 fully saturated rings. The molecule has 0 radical (unpaired) electrons. The van der Waals surface area contributed by atoms with Crippen LogP contribution in [0.3, 0.4) is 0 Å². The Bertz CT molecular complexity index is 744. The van der Waals surface area contributed by atoms with Crippen molar-refractivity contribution in [1.29, 1.82) is 0 Å². The third kappa shape index (κ3) is 5.24. The van der Waals surface area contributed by atoms with Crippen molar-refractivity contribution in [2.24, 2.45) is 5.10 Å². The molecule has 0 spiro atoms. The van der Waals surface area contributed by atoms with Crippen LogP contribution in [0.5, 0.6) is 17.2 Å². The van der Waals surface area contributed by atoms with Gasteiger partial charge in [0.05, 0.1) is 26.5 Å². The van der Waals surface area contributed by atoms with E-state index in [9.17, 15) is 4.79 Å². The summed E-state index contributed by atoms with van der Waals surface area (Å²) < 4.78 is 16.2. The topological polar surface area (TPSA) is 69.2 Å². The van der Waals surface area contributed by atoms with E-state index in [2.05, 4.69) is 10.5 Å². The second-order valence-corrected chi connectivity index (χ2v) is 5.00. The molecule has 2 aromatic carbocycles. The molecule has 1 amide bonds. The summed E-state index contributed by atoms with van der Waals surface area (Å²) in [6.07, 6.45) is 1.54. The summed E-state index contributed by atoms with van der Waals surface area (Å²) in [6.45, 7) is 4.92. The minimum absolute atomic E-state index is 0.320. The van der Waals surface area contributed by atoms with Crippen molar-refractivity contribution in [1.82, 2.24) is 5.43 Å². The van der Waals surface area contributed by atoms with E-state index >= 15 is 0 Å². The van der Waals surface area contributed by atoms with Gasteiger partial charge in [0.2, 0.25) is 0 Å². The summed E-state index contributed by atoms with van der Waals surface area (Å²) in [5.41, 5.74) is 3.71. The van der Waals surface area contributed by atoms with Crippen LogP contribution in [0, 0.1) is 0 Å². The van der Waals surface area contributed by atoms with Crippen LogP contribution in [0.2, 0.25) is 0 Å². The molecule has 132 valence electrons. The lowest BCUT2D eigenvalue weighted by Gasteiger charge is -2.10. The van der Waals surface area contributed by atoms with Crippen LogP contribution >= 0.6 is 0 Å². The molecule has 0 aliphatic carbocycles. The van der Waals surface area contributed by atoms with Gasteiger partial charge >= 0.3 is 0 Å². The van der Waals surface area contributed by atoms with E-state index in [0.29, 0.717) is 30.3 Å². The van der Waals surface area contributed by atoms with Crippen LogP contribution in [0.15, 0.2) is 47.6 Å². The van der Waals surface area contributed by atoms with Gasteiger partial charge in [-0.25, -0.2) is 5.43 Å². The zero-order chi connectivity index (χ0) is 18.1. The molecule has 0 unspecified atom stereocenters. The fourth-order valence-corrected chi connectivity index (χ4v) is 2.15. The Hall–Kier alpha value is -3.02. The molecule has 0 aliphatic rings. The van der Waals surface area contributed by atoms with Gasteiger partial charge in [-0.2, -0.15) is 5.10 Å². The number of rotatable bonds is 8. The molecule has 0 bridgehead atoms. The molecule has 0 saturated carbocycles. The largest absolute Gasteiger partial charge is 0.497 e.